The SMILES string of the molecule is CCc1nn(C)c(N(CC)CC2CCCCN2)c1[N+](=O)[O-]. The molecule has 1 aromatic rings. The van der Waals surface area contributed by atoms with Crippen molar-refractivity contribution in [3.8, 4) is 0 Å². The highest BCUT2D eigenvalue weighted by atomic mass is 16.6. The van der Waals surface area contributed by atoms with Gasteiger partial charge in [-0.2, -0.15) is 5.10 Å². The smallest absolute Gasteiger partial charge is 0.334 e. The van der Waals surface area contributed by atoms with Crippen LogP contribution in [0, 0.1) is 10.1 Å². The average molecular weight is 295 g/mol. The van der Waals surface area contributed by atoms with Gasteiger partial charge in [-0.1, -0.05) is 13.3 Å². The number of piperidine rings is 1. The molecule has 1 aliphatic rings. The van der Waals surface area contributed by atoms with Gasteiger partial charge in [0.05, 0.1) is 4.92 Å². The fraction of sp³-hybridized carbons (Fsp3) is 0.786. The standard InChI is InChI=1S/C14H25N5O2/c1-4-12-13(19(20)21)14(17(3)16-12)18(5-2)10-11-8-6-7-9-15-11/h11,15H,4-10H2,1-3H3. The van der Waals surface area contributed by atoms with Gasteiger partial charge in [-0.3, -0.25) is 10.1 Å². The van der Waals surface area contributed by atoms with E-state index in [0.717, 1.165) is 26.1 Å². The van der Waals surface area contributed by atoms with Crippen molar-refractivity contribution in [2.75, 3.05) is 24.5 Å². The number of nitrogens with one attached hydrogen (secondary N) is 1. The van der Waals surface area contributed by atoms with Gasteiger partial charge in [-0.05, 0) is 32.7 Å². The van der Waals surface area contributed by atoms with Gasteiger partial charge in [0.15, 0.2) is 0 Å². The number of nitrogens with zero attached hydrogens (tertiary/aromatic N) is 4. The van der Waals surface area contributed by atoms with Gasteiger partial charge in [0.1, 0.15) is 5.69 Å². The van der Waals surface area contributed by atoms with Crippen LogP contribution < -0.4 is 10.2 Å². The number of aryl methyl sites for hydroxylation is 2. The van der Waals surface area contributed by atoms with Crippen molar-refractivity contribution < 1.29 is 4.92 Å². The molecule has 0 amide bonds. The molecule has 0 bridgehead atoms. The molecule has 1 unspecified atom stereocenters. The fourth-order valence-electron chi connectivity index (χ4n) is 3.05. The third-order valence-electron chi connectivity index (χ3n) is 4.11. The van der Waals surface area contributed by atoms with Crippen LogP contribution in [0.1, 0.15) is 38.8 Å². The summed E-state index contributed by atoms with van der Waals surface area (Å²) in [6, 6.07) is 0.401. The predicted octanol–water partition coefficient (Wildman–Crippen LogP) is 1.86. The summed E-state index contributed by atoms with van der Waals surface area (Å²) in [4.78, 5) is 13.2. The van der Waals surface area contributed by atoms with E-state index >= 15 is 0 Å². The lowest BCUT2D eigenvalue weighted by molar-refractivity contribution is -0.384. The summed E-state index contributed by atoms with van der Waals surface area (Å²) in [5.41, 5.74) is 0.727. The third-order valence-corrected chi connectivity index (χ3v) is 4.11. The molecule has 0 saturated carbocycles. The number of likely N-dealkylation sites (N-methyl/N-ethyl adjacent to an activating group) is 1. The molecule has 1 aliphatic heterocycles. The molecule has 0 aliphatic carbocycles. The Kier molecular flexibility index (Phi) is 5.17. The van der Waals surface area contributed by atoms with Gasteiger partial charge in [-0.15, -0.1) is 0 Å². The highest BCUT2D eigenvalue weighted by Gasteiger charge is 2.30. The topological polar surface area (TPSA) is 76.2 Å². The molecule has 0 aromatic carbocycles. The summed E-state index contributed by atoms with van der Waals surface area (Å²) >= 11 is 0. The number of nitro groups is 1. The molecule has 1 aromatic heterocycles. The van der Waals surface area contributed by atoms with Gasteiger partial charge < -0.3 is 10.2 Å². The molecule has 7 heteroatoms. The molecule has 1 fully saturated rings. The lowest BCUT2D eigenvalue weighted by atomic mass is 10.0. The zero-order valence-electron chi connectivity index (χ0n) is 13.1. The molecule has 2 rings (SSSR count). The summed E-state index contributed by atoms with van der Waals surface area (Å²) in [5, 5.41) is 19.3. The van der Waals surface area contributed by atoms with E-state index in [1.807, 2.05) is 13.8 Å². The van der Waals surface area contributed by atoms with E-state index in [-0.39, 0.29) is 10.6 Å². The first-order valence-electron chi connectivity index (χ1n) is 7.77. The number of aromatic nitrogens is 2. The highest BCUT2D eigenvalue weighted by Crippen LogP contribution is 2.32. The first-order chi connectivity index (χ1) is 10.1. The zero-order valence-corrected chi connectivity index (χ0v) is 13.1. The average Bonchev–Trinajstić information content (AvgIpc) is 2.82. The third kappa shape index (κ3) is 3.34. The van der Waals surface area contributed by atoms with E-state index in [9.17, 15) is 10.1 Å². The lowest BCUT2D eigenvalue weighted by Crippen LogP contribution is -2.44. The Labute approximate surface area is 125 Å². The van der Waals surface area contributed by atoms with Gasteiger partial charge in [0.25, 0.3) is 0 Å². The van der Waals surface area contributed by atoms with E-state index in [0.29, 0.717) is 24.0 Å². The predicted molar refractivity (Wildman–Crippen MR) is 82.8 cm³/mol. The molecule has 118 valence electrons. The maximum Gasteiger partial charge on any atom is 0.334 e. The van der Waals surface area contributed by atoms with Crippen molar-refractivity contribution in [2.45, 2.75) is 45.6 Å². The van der Waals surface area contributed by atoms with Crippen molar-refractivity contribution in [3.63, 3.8) is 0 Å². The van der Waals surface area contributed by atoms with Crippen LogP contribution in [0.4, 0.5) is 11.5 Å². The number of hydrogen-bond acceptors (Lipinski definition) is 5. The van der Waals surface area contributed by atoms with E-state index in [1.54, 1.807) is 11.7 Å². The van der Waals surface area contributed by atoms with Gasteiger partial charge in [0.2, 0.25) is 5.82 Å². The van der Waals surface area contributed by atoms with Crippen LogP contribution in [0.5, 0.6) is 0 Å². The summed E-state index contributed by atoms with van der Waals surface area (Å²) in [5.74, 6) is 0.631. The van der Waals surface area contributed by atoms with Crippen LogP contribution >= 0.6 is 0 Å². The van der Waals surface area contributed by atoms with Crippen molar-refractivity contribution in [1.82, 2.24) is 15.1 Å². The first kappa shape index (κ1) is 15.8. The fourth-order valence-corrected chi connectivity index (χ4v) is 3.05. The Bertz CT molecular complexity index is 494. The van der Waals surface area contributed by atoms with Crippen LogP contribution in [0.3, 0.4) is 0 Å². The molecular weight excluding hydrogens is 270 g/mol. The first-order valence-corrected chi connectivity index (χ1v) is 7.77. The Morgan fingerprint density at radius 1 is 1.48 bits per heavy atom. The molecular formula is C14H25N5O2. The zero-order chi connectivity index (χ0) is 15.4. The molecule has 2 heterocycles. The Morgan fingerprint density at radius 3 is 2.76 bits per heavy atom. The van der Waals surface area contributed by atoms with Crippen molar-refractivity contribution in [3.05, 3.63) is 15.8 Å². The number of rotatable bonds is 6. The minimum atomic E-state index is -0.294. The minimum absolute atomic E-state index is 0.164. The lowest BCUT2D eigenvalue weighted by Gasteiger charge is -2.30. The molecule has 21 heavy (non-hydrogen) atoms. The van der Waals surface area contributed by atoms with Gasteiger partial charge in [-0.25, -0.2) is 4.68 Å². The highest BCUT2D eigenvalue weighted by molar-refractivity contribution is 5.61. The van der Waals surface area contributed by atoms with Crippen LogP contribution in [0.15, 0.2) is 0 Å². The van der Waals surface area contributed by atoms with Crippen molar-refractivity contribution in [1.29, 1.82) is 0 Å². The molecule has 1 N–H and O–H groups in total. The summed E-state index contributed by atoms with van der Waals surface area (Å²) in [7, 11) is 1.79. The second-order valence-electron chi connectivity index (χ2n) is 5.54. The van der Waals surface area contributed by atoms with Crippen LogP contribution in [0.25, 0.3) is 0 Å². The van der Waals surface area contributed by atoms with Gasteiger partial charge in [0, 0.05) is 26.2 Å². The van der Waals surface area contributed by atoms with E-state index in [2.05, 4.69) is 15.3 Å². The summed E-state index contributed by atoms with van der Waals surface area (Å²) in [6.07, 6.45) is 4.14. The monoisotopic (exact) mass is 295 g/mol. The van der Waals surface area contributed by atoms with Crippen LogP contribution in [-0.4, -0.2) is 40.4 Å². The molecule has 0 radical (unpaired) electrons. The number of hydrogen-bond donors (Lipinski definition) is 1. The molecule has 0 spiro atoms. The summed E-state index contributed by atoms with van der Waals surface area (Å²) in [6.45, 7) is 6.50. The van der Waals surface area contributed by atoms with Crippen molar-refractivity contribution in [2.24, 2.45) is 7.05 Å². The van der Waals surface area contributed by atoms with Gasteiger partial charge >= 0.3 is 5.69 Å². The molecule has 1 saturated heterocycles. The Hall–Kier alpha value is -1.63. The number of anilines is 1. The second kappa shape index (κ2) is 6.89. The largest absolute Gasteiger partial charge is 0.350 e. The van der Waals surface area contributed by atoms with E-state index < -0.39 is 0 Å². The Balaban J connectivity index is 2.28. The Morgan fingerprint density at radius 2 is 2.24 bits per heavy atom. The summed E-state index contributed by atoms with van der Waals surface area (Å²) < 4.78 is 1.66. The van der Waals surface area contributed by atoms with E-state index in [4.69, 9.17) is 0 Å². The minimum Gasteiger partial charge on any atom is -0.350 e. The van der Waals surface area contributed by atoms with Crippen LogP contribution in [-0.2, 0) is 13.5 Å². The molecule has 7 nitrogen and oxygen atoms in total. The molecule has 1 atom stereocenters. The van der Waals surface area contributed by atoms with Crippen molar-refractivity contribution >= 4 is 11.5 Å². The quantitative estimate of drug-likeness (QED) is 0.640. The maximum atomic E-state index is 11.4. The van der Waals surface area contributed by atoms with E-state index in [1.165, 1.54) is 12.8 Å². The van der Waals surface area contributed by atoms with Crippen LogP contribution in [0.2, 0.25) is 0 Å². The normalized spacial score (nSPS) is 18.7. The maximum absolute atomic E-state index is 11.4. The second-order valence-corrected chi connectivity index (χ2v) is 5.54.